The average molecular weight is 466 g/mol. The lowest BCUT2D eigenvalue weighted by molar-refractivity contribution is -0.114. The van der Waals surface area contributed by atoms with E-state index in [2.05, 4.69) is 25.7 Å². The number of pyridine rings is 2. The van der Waals surface area contributed by atoms with E-state index in [9.17, 15) is 13.2 Å². The Hall–Kier alpha value is -3.99. The lowest BCUT2D eigenvalue weighted by Crippen LogP contribution is -2.27. The number of fused-ring (bicyclic) bond motifs is 1. The van der Waals surface area contributed by atoms with E-state index < -0.39 is 10.0 Å². The fraction of sp³-hybridized carbons (Fsp3) is 0.182. The summed E-state index contributed by atoms with van der Waals surface area (Å²) in [6, 6.07) is 12.8. The van der Waals surface area contributed by atoms with Crippen LogP contribution in [0.3, 0.4) is 0 Å². The Morgan fingerprint density at radius 2 is 1.88 bits per heavy atom. The van der Waals surface area contributed by atoms with E-state index in [-0.39, 0.29) is 5.91 Å². The molecule has 0 radical (unpaired) electrons. The number of sulfonamides is 1. The van der Waals surface area contributed by atoms with Gasteiger partial charge in [0, 0.05) is 54.8 Å². The number of anilines is 4. The first-order valence-corrected chi connectivity index (χ1v) is 11.9. The van der Waals surface area contributed by atoms with Gasteiger partial charge in [0.15, 0.2) is 0 Å². The van der Waals surface area contributed by atoms with E-state index in [0.29, 0.717) is 29.4 Å². The Morgan fingerprint density at radius 1 is 1.09 bits per heavy atom. The van der Waals surface area contributed by atoms with Crippen LogP contribution in [0.4, 0.5) is 23.0 Å². The zero-order chi connectivity index (χ0) is 23.6. The molecule has 4 rings (SSSR count). The van der Waals surface area contributed by atoms with E-state index in [1.54, 1.807) is 35.4 Å². The molecule has 0 aliphatic rings. The van der Waals surface area contributed by atoms with Crippen molar-refractivity contribution >= 4 is 49.8 Å². The maximum atomic E-state index is 12.0. The number of carbonyl (C=O) groups excluding carboxylic acids is 1. The molecule has 0 aliphatic carbocycles. The Bertz CT molecular complexity index is 1430. The summed E-state index contributed by atoms with van der Waals surface area (Å²) in [4.78, 5) is 20.0. The third kappa shape index (κ3) is 5.09. The summed E-state index contributed by atoms with van der Waals surface area (Å²) < 4.78 is 27.0. The van der Waals surface area contributed by atoms with Crippen LogP contribution in [-0.2, 0) is 21.4 Å². The highest BCUT2D eigenvalue weighted by atomic mass is 32.2. The highest BCUT2D eigenvalue weighted by Gasteiger charge is 2.18. The van der Waals surface area contributed by atoms with Gasteiger partial charge < -0.3 is 10.6 Å². The van der Waals surface area contributed by atoms with Gasteiger partial charge >= 0.3 is 0 Å². The van der Waals surface area contributed by atoms with Crippen LogP contribution in [0.25, 0.3) is 10.9 Å². The van der Waals surface area contributed by atoms with Gasteiger partial charge in [-0.25, -0.2) is 18.4 Å². The van der Waals surface area contributed by atoms with Crippen LogP contribution in [0.15, 0.2) is 61.1 Å². The standard InChI is InChI=1S/C22H23N7O3S/c1-15(30)26-18-7-4-8-19(10-18)27-21-11-20-17(12-24-21)13-25-29(20)14-16-6-5-9-23-22(16)28(2)33(3,31)32/h4-13H,14H2,1-3H3,(H,24,27)(H,26,30). The zero-order valence-electron chi connectivity index (χ0n) is 18.3. The van der Waals surface area contributed by atoms with Crippen LogP contribution in [0.5, 0.6) is 0 Å². The number of hydrogen-bond donors (Lipinski definition) is 2. The molecule has 0 aliphatic heterocycles. The molecule has 0 unspecified atom stereocenters. The summed E-state index contributed by atoms with van der Waals surface area (Å²) in [5, 5.41) is 11.3. The van der Waals surface area contributed by atoms with Crippen molar-refractivity contribution in [3.63, 3.8) is 0 Å². The van der Waals surface area contributed by atoms with E-state index in [0.717, 1.165) is 27.2 Å². The number of benzene rings is 1. The maximum absolute atomic E-state index is 12.0. The molecular formula is C22H23N7O3S. The summed E-state index contributed by atoms with van der Waals surface area (Å²) >= 11 is 0. The SMILES string of the molecule is CC(=O)Nc1cccc(Nc2cc3c(cn2)cnn3Cc2cccnc2N(C)S(C)(=O)=O)c1. The minimum absolute atomic E-state index is 0.146. The molecule has 0 spiro atoms. The van der Waals surface area contributed by atoms with Gasteiger partial charge in [0.25, 0.3) is 0 Å². The first-order valence-electron chi connectivity index (χ1n) is 10.0. The molecular weight excluding hydrogens is 442 g/mol. The summed E-state index contributed by atoms with van der Waals surface area (Å²) in [5.41, 5.74) is 2.98. The highest BCUT2D eigenvalue weighted by molar-refractivity contribution is 7.92. The van der Waals surface area contributed by atoms with Crippen LogP contribution < -0.4 is 14.9 Å². The molecule has 0 saturated carbocycles. The second-order valence-electron chi connectivity index (χ2n) is 7.53. The third-order valence-corrected chi connectivity index (χ3v) is 6.13. The number of nitrogens with one attached hydrogen (secondary N) is 2. The fourth-order valence-corrected chi connectivity index (χ4v) is 3.83. The van der Waals surface area contributed by atoms with E-state index in [4.69, 9.17) is 0 Å². The van der Waals surface area contributed by atoms with E-state index >= 15 is 0 Å². The summed E-state index contributed by atoms with van der Waals surface area (Å²) in [6.45, 7) is 1.78. The molecule has 1 aromatic carbocycles. The fourth-order valence-electron chi connectivity index (χ4n) is 3.35. The van der Waals surface area contributed by atoms with Gasteiger partial charge in [-0.2, -0.15) is 5.10 Å². The Balaban J connectivity index is 1.63. The van der Waals surface area contributed by atoms with Gasteiger partial charge in [-0.05, 0) is 24.3 Å². The summed E-state index contributed by atoms with van der Waals surface area (Å²) in [5.74, 6) is 0.807. The number of amides is 1. The van der Waals surface area contributed by atoms with Gasteiger partial charge in [0.05, 0.1) is 24.5 Å². The first kappa shape index (κ1) is 22.2. The van der Waals surface area contributed by atoms with Gasteiger partial charge in [-0.1, -0.05) is 12.1 Å². The van der Waals surface area contributed by atoms with Gasteiger partial charge in [0.1, 0.15) is 11.6 Å². The van der Waals surface area contributed by atoms with Crippen molar-refractivity contribution in [2.45, 2.75) is 13.5 Å². The first-order chi connectivity index (χ1) is 15.7. The largest absolute Gasteiger partial charge is 0.340 e. The molecule has 11 heteroatoms. The number of hydrogen-bond acceptors (Lipinski definition) is 7. The Labute approximate surface area is 191 Å². The van der Waals surface area contributed by atoms with Gasteiger partial charge in [0.2, 0.25) is 15.9 Å². The van der Waals surface area contributed by atoms with Crippen molar-refractivity contribution in [2.75, 3.05) is 28.2 Å². The minimum Gasteiger partial charge on any atom is -0.340 e. The minimum atomic E-state index is -3.46. The van der Waals surface area contributed by atoms with Gasteiger partial charge in [-0.3, -0.25) is 13.8 Å². The quantitative estimate of drug-likeness (QED) is 0.430. The number of nitrogens with zero attached hydrogens (tertiary/aromatic N) is 5. The molecule has 3 heterocycles. The molecule has 10 nitrogen and oxygen atoms in total. The summed E-state index contributed by atoms with van der Waals surface area (Å²) in [7, 11) is -1.98. The highest BCUT2D eigenvalue weighted by Crippen LogP contribution is 2.24. The number of aromatic nitrogens is 4. The molecule has 0 saturated heterocycles. The van der Waals surface area contributed by atoms with Crippen molar-refractivity contribution in [3.05, 3.63) is 66.6 Å². The van der Waals surface area contributed by atoms with Crippen LogP contribution in [-0.4, -0.2) is 47.4 Å². The molecule has 0 fully saturated rings. The monoisotopic (exact) mass is 465 g/mol. The molecule has 4 aromatic rings. The lowest BCUT2D eigenvalue weighted by atomic mass is 10.2. The van der Waals surface area contributed by atoms with Crippen LogP contribution in [0, 0.1) is 0 Å². The average Bonchev–Trinajstić information content (AvgIpc) is 3.15. The predicted octanol–water partition coefficient (Wildman–Crippen LogP) is 2.97. The van der Waals surface area contributed by atoms with Crippen LogP contribution in [0.1, 0.15) is 12.5 Å². The number of carbonyl (C=O) groups is 1. The zero-order valence-corrected chi connectivity index (χ0v) is 19.2. The van der Waals surface area contributed by atoms with Crippen molar-refractivity contribution in [3.8, 4) is 0 Å². The molecule has 170 valence electrons. The second-order valence-corrected chi connectivity index (χ2v) is 9.55. The smallest absolute Gasteiger partial charge is 0.233 e. The molecule has 3 aromatic heterocycles. The topological polar surface area (TPSA) is 122 Å². The van der Waals surface area contributed by atoms with E-state index in [1.807, 2.05) is 30.3 Å². The molecule has 1 amide bonds. The lowest BCUT2D eigenvalue weighted by Gasteiger charge is -2.19. The van der Waals surface area contributed by atoms with Crippen molar-refractivity contribution in [1.82, 2.24) is 19.7 Å². The van der Waals surface area contributed by atoms with Crippen LogP contribution >= 0.6 is 0 Å². The molecule has 2 N–H and O–H groups in total. The maximum Gasteiger partial charge on any atom is 0.233 e. The Morgan fingerprint density at radius 3 is 2.64 bits per heavy atom. The van der Waals surface area contributed by atoms with Crippen molar-refractivity contribution < 1.29 is 13.2 Å². The van der Waals surface area contributed by atoms with E-state index in [1.165, 1.54) is 14.0 Å². The summed E-state index contributed by atoms with van der Waals surface area (Å²) in [6.07, 6.45) is 6.12. The van der Waals surface area contributed by atoms with Gasteiger partial charge in [-0.15, -0.1) is 0 Å². The number of rotatable bonds is 7. The van der Waals surface area contributed by atoms with Crippen LogP contribution in [0.2, 0.25) is 0 Å². The second kappa shape index (κ2) is 8.87. The molecule has 33 heavy (non-hydrogen) atoms. The third-order valence-electron chi connectivity index (χ3n) is 4.96. The molecule has 0 atom stereocenters. The van der Waals surface area contributed by atoms with Crippen molar-refractivity contribution in [1.29, 1.82) is 0 Å². The Kier molecular flexibility index (Phi) is 5.97. The predicted molar refractivity (Wildman–Crippen MR) is 128 cm³/mol. The van der Waals surface area contributed by atoms with Crippen molar-refractivity contribution in [2.24, 2.45) is 0 Å². The molecule has 0 bridgehead atoms. The normalized spacial score (nSPS) is 11.4.